The van der Waals surface area contributed by atoms with Crippen LogP contribution < -0.4 is 28.4 Å². The van der Waals surface area contributed by atoms with Crippen LogP contribution in [0.3, 0.4) is 0 Å². The monoisotopic (exact) mass is 578 g/mol. The molecule has 218 valence electrons. The number of fused-ring (bicyclic) bond motifs is 3. The highest BCUT2D eigenvalue weighted by Gasteiger charge is 2.39. The van der Waals surface area contributed by atoms with Crippen molar-refractivity contribution >= 4 is 17.8 Å². The Balaban J connectivity index is 1.33. The van der Waals surface area contributed by atoms with Crippen molar-refractivity contribution in [1.82, 2.24) is 0 Å². The van der Waals surface area contributed by atoms with Crippen molar-refractivity contribution in [3.8, 4) is 34.5 Å². The molecule has 0 spiro atoms. The largest absolute Gasteiger partial charge is 0.497 e. The van der Waals surface area contributed by atoms with E-state index in [1.54, 1.807) is 38.5 Å². The van der Waals surface area contributed by atoms with E-state index in [1.807, 2.05) is 60.7 Å². The molecule has 0 radical (unpaired) electrons. The number of carbonyl (C=O) groups is 2. The third-order valence-corrected chi connectivity index (χ3v) is 7.60. The minimum Gasteiger partial charge on any atom is -0.497 e. The van der Waals surface area contributed by atoms with E-state index in [4.69, 9.17) is 28.4 Å². The lowest BCUT2D eigenvalue weighted by Gasteiger charge is -2.27. The molecule has 0 unspecified atom stereocenters. The second-order valence-corrected chi connectivity index (χ2v) is 10.1. The maximum atomic E-state index is 13.5. The fourth-order valence-corrected chi connectivity index (χ4v) is 5.51. The van der Waals surface area contributed by atoms with Gasteiger partial charge in [-0.05, 0) is 48.0 Å². The van der Waals surface area contributed by atoms with Gasteiger partial charge in [-0.1, -0.05) is 42.5 Å². The molecular weight excluding hydrogens is 548 g/mol. The van der Waals surface area contributed by atoms with Gasteiger partial charge in [-0.15, -0.1) is 0 Å². The molecule has 0 saturated carbocycles. The van der Waals surface area contributed by atoms with Crippen LogP contribution in [0.4, 0.5) is 0 Å². The summed E-state index contributed by atoms with van der Waals surface area (Å²) in [7, 11) is 4.73. The highest BCUT2D eigenvalue weighted by Crippen LogP contribution is 2.50. The first-order valence-electron chi connectivity index (χ1n) is 13.9. The molecule has 0 N–H and O–H groups in total. The SMILES string of the molecule is COc1ccc(CCOc2ccccc2[C@H]2CC(=O)Oc3ccc4c(c32)O/C(=C\c2cccc(OC)c2OC)C4=O)cc1. The van der Waals surface area contributed by atoms with Gasteiger partial charge < -0.3 is 28.4 Å². The standard InChI is InChI=1S/C35H30O8/c1-38-23-13-11-21(12-14-23)17-18-41-27-9-5-4-8-24(27)26-20-31(36)42-28-16-15-25-33(37)30(43-35(25)32(26)28)19-22-7-6-10-29(39-2)34(22)40-3/h4-16,19,26H,17-18,20H2,1-3H3/b30-19-/t26-/m1/s1. The number of ether oxygens (including phenoxy) is 6. The summed E-state index contributed by atoms with van der Waals surface area (Å²) in [5, 5.41) is 0. The summed E-state index contributed by atoms with van der Waals surface area (Å²) in [5.41, 5.74) is 3.59. The van der Waals surface area contributed by atoms with Crippen LogP contribution in [-0.4, -0.2) is 39.7 Å². The Morgan fingerprint density at radius 1 is 0.814 bits per heavy atom. The van der Waals surface area contributed by atoms with Crippen molar-refractivity contribution in [1.29, 1.82) is 0 Å². The first kappa shape index (κ1) is 27.9. The Labute approximate surface area is 249 Å². The lowest BCUT2D eigenvalue weighted by atomic mass is 9.84. The van der Waals surface area contributed by atoms with Crippen LogP contribution in [-0.2, 0) is 11.2 Å². The lowest BCUT2D eigenvalue weighted by Crippen LogP contribution is -2.22. The maximum absolute atomic E-state index is 13.5. The van der Waals surface area contributed by atoms with E-state index in [-0.39, 0.29) is 23.9 Å². The molecule has 2 aliphatic rings. The van der Waals surface area contributed by atoms with E-state index >= 15 is 0 Å². The second-order valence-electron chi connectivity index (χ2n) is 10.1. The molecule has 1 atom stereocenters. The van der Waals surface area contributed by atoms with Crippen LogP contribution in [0.1, 0.15) is 45.0 Å². The van der Waals surface area contributed by atoms with Crippen LogP contribution in [0.25, 0.3) is 6.08 Å². The maximum Gasteiger partial charge on any atom is 0.312 e. The van der Waals surface area contributed by atoms with Gasteiger partial charge >= 0.3 is 5.97 Å². The molecule has 0 bridgehead atoms. The van der Waals surface area contributed by atoms with Crippen molar-refractivity contribution in [2.75, 3.05) is 27.9 Å². The summed E-state index contributed by atoms with van der Waals surface area (Å²) in [5.74, 6) is 2.26. The predicted molar refractivity (Wildman–Crippen MR) is 160 cm³/mol. The van der Waals surface area contributed by atoms with Crippen LogP contribution in [0.15, 0.2) is 84.6 Å². The average Bonchev–Trinajstić information content (AvgIpc) is 3.35. The Bertz CT molecular complexity index is 1720. The molecule has 0 saturated heterocycles. The van der Waals surface area contributed by atoms with E-state index in [1.165, 1.54) is 7.11 Å². The van der Waals surface area contributed by atoms with Gasteiger partial charge in [0, 0.05) is 29.0 Å². The van der Waals surface area contributed by atoms with Gasteiger partial charge in [0.25, 0.3) is 0 Å². The first-order chi connectivity index (χ1) is 21.0. The van der Waals surface area contributed by atoms with Crippen molar-refractivity contribution in [2.24, 2.45) is 0 Å². The number of rotatable bonds is 9. The third-order valence-electron chi connectivity index (χ3n) is 7.60. The number of para-hydroxylation sites is 2. The Morgan fingerprint density at radius 2 is 1.60 bits per heavy atom. The van der Waals surface area contributed by atoms with Gasteiger partial charge in [0.2, 0.25) is 5.78 Å². The van der Waals surface area contributed by atoms with Crippen molar-refractivity contribution in [3.63, 3.8) is 0 Å². The van der Waals surface area contributed by atoms with Crippen molar-refractivity contribution in [3.05, 3.63) is 112 Å². The average molecular weight is 579 g/mol. The molecule has 2 aliphatic heterocycles. The van der Waals surface area contributed by atoms with Gasteiger partial charge in [0.15, 0.2) is 17.3 Å². The number of hydrogen-bond donors (Lipinski definition) is 0. The molecule has 8 nitrogen and oxygen atoms in total. The summed E-state index contributed by atoms with van der Waals surface area (Å²) in [4.78, 5) is 26.3. The van der Waals surface area contributed by atoms with Gasteiger partial charge in [0.1, 0.15) is 23.0 Å². The normalized spacial score (nSPS) is 16.2. The molecule has 0 aromatic heterocycles. The van der Waals surface area contributed by atoms with Crippen LogP contribution in [0.2, 0.25) is 0 Å². The number of allylic oxidation sites excluding steroid dienone is 1. The van der Waals surface area contributed by atoms with Gasteiger partial charge in [-0.2, -0.15) is 0 Å². The zero-order valence-electron chi connectivity index (χ0n) is 24.0. The minimum absolute atomic E-state index is 0.0720. The quantitative estimate of drug-likeness (QED) is 0.128. The number of methoxy groups -OCH3 is 3. The molecule has 2 heterocycles. The second kappa shape index (κ2) is 11.9. The highest BCUT2D eigenvalue weighted by atomic mass is 16.5. The van der Waals surface area contributed by atoms with E-state index in [9.17, 15) is 9.59 Å². The van der Waals surface area contributed by atoms with E-state index in [2.05, 4.69) is 0 Å². The summed E-state index contributed by atoms with van der Waals surface area (Å²) < 4.78 is 34.3. The van der Waals surface area contributed by atoms with Crippen molar-refractivity contribution in [2.45, 2.75) is 18.8 Å². The predicted octanol–water partition coefficient (Wildman–Crippen LogP) is 6.39. The number of esters is 1. The third kappa shape index (κ3) is 5.39. The molecule has 8 heteroatoms. The Kier molecular flexibility index (Phi) is 7.75. The molecule has 4 aromatic carbocycles. The molecule has 0 amide bonds. The van der Waals surface area contributed by atoms with Gasteiger partial charge in [-0.3, -0.25) is 9.59 Å². The van der Waals surface area contributed by atoms with E-state index < -0.39 is 5.92 Å². The van der Waals surface area contributed by atoms with Crippen LogP contribution in [0, 0.1) is 0 Å². The molecule has 0 fully saturated rings. The summed E-state index contributed by atoms with van der Waals surface area (Å²) in [6, 6.07) is 24.2. The van der Waals surface area contributed by atoms with E-state index in [0.717, 1.165) is 16.9 Å². The number of hydrogen-bond acceptors (Lipinski definition) is 8. The smallest absolute Gasteiger partial charge is 0.312 e. The van der Waals surface area contributed by atoms with E-state index in [0.29, 0.717) is 58.5 Å². The lowest BCUT2D eigenvalue weighted by molar-refractivity contribution is -0.135. The fourth-order valence-electron chi connectivity index (χ4n) is 5.51. The summed E-state index contributed by atoms with van der Waals surface area (Å²) >= 11 is 0. The van der Waals surface area contributed by atoms with Crippen LogP contribution >= 0.6 is 0 Å². The van der Waals surface area contributed by atoms with Gasteiger partial charge in [0.05, 0.1) is 39.9 Å². The van der Waals surface area contributed by atoms with Crippen molar-refractivity contribution < 1.29 is 38.0 Å². The zero-order chi connectivity index (χ0) is 29.9. The number of Topliss-reactive ketones (excluding diaryl/α,β-unsaturated/α-hetero) is 1. The van der Waals surface area contributed by atoms with Crippen LogP contribution in [0.5, 0.6) is 34.5 Å². The number of carbonyl (C=O) groups excluding carboxylic acids is 2. The number of ketones is 1. The molecule has 0 aliphatic carbocycles. The summed E-state index contributed by atoms with van der Waals surface area (Å²) in [6.07, 6.45) is 2.40. The molecule has 4 aromatic rings. The summed E-state index contributed by atoms with van der Waals surface area (Å²) in [6.45, 7) is 0.435. The molecular formula is C35H30O8. The number of benzene rings is 4. The fraction of sp³-hybridized carbons (Fsp3) is 0.200. The topological polar surface area (TPSA) is 89.5 Å². The Morgan fingerprint density at radius 3 is 2.37 bits per heavy atom. The highest BCUT2D eigenvalue weighted by molar-refractivity contribution is 6.15. The van der Waals surface area contributed by atoms with Gasteiger partial charge in [-0.25, -0.2) is 0 Å². The Hall–Kier alpha value is -5.24. The molecule has 6 rings (SSSR count). The zero-order valence-corrected chi connectivity index (χ0v) is 24.0. The molecule has 43 heavy (non-hydrogen) atoms. The first-order valence-corrected chi connectivity index (χ1v) is 13.9. The minimum atomic E-state index is -0.443.